The monoisotopic (exact) mass is 650 g/mol. The number of rotatable bonds is 5. The highest BCUT2D eigenvalue weighted by Gasteiger charge is 2.54. The van der Waals surface area contributed by atoms with Gasteiger partial charge in [0.2, 0.25) is 0 Å². The van der Waals surface area contributed by atoms with Gasteiger partial charge in [0.15, 0.2) is 0 Å². The molecule has 0 saturated carbocycles. The van der Waals surface area contributed by atoms with E-state index in [-0.39, 0.29) is 23.3 Å². The van der Waals surface area contributed by atoms with E-state index in [1.54, 1.807) is 31.2 Å². The van der Waals surface area contributed by atoms with Crippen LogP contribution in [0.5, 0.6) is 0 Å². The minimum atomic E-state index is -4.70. The summed E-state index contributed by atoms with van der Waals surface area (Å²) in [7, 11) is 0. The van der Waals surface area contributed by atoms with Crippen molar-refractivity contribution in [2.24, 2.45) is 0 Å². The quantitative estimate of drug-likeness (QED) is 0.168. The molecule has 11 heteroatoms. The summed E-state index contributed by atoms with van der Waals surface area (Å²) in [5, 5.41) is 0. The van der Waals surface area contributed by atoms with Crippen LogP contribution in [0.1, 0.15) is 34.7 Å². The molecule has 1 saturated heterocycles. The number of benzene rings is 3. The van der Waals surface area contributed by atoms with Crippen LogP contribution < -0.4 is 0 Å². The van der Waals surface area contributed by atoms with Gasteiger partial charge in [-0.3, -0.25) is 0 Å². The lowest BCUT2D eigenvalue weighted by Crippen LogP contribution is -2.55. The highest BCUT2D eigenvalue weighted by molar-refractivity contribution is 14.1. The average Bonchev–Trinajstić information content (AvgIpc) is 2.88. The minimum Gasteiger partial charge on any atom is -0.462 e. The van der Waals surface area contributed by atoms with Crippen molar-refractivity contribution in [2.45, 2.75) is 30.5 Å². The largest absolute Gasteiger partial charge is 0.462 e. The van der Waals surface area contributed by atoms with E-state index >= 15 is 0 Å². The van der Waals surface area contributed by atoms with Crippen molar-refractivity contribution in [3.05, 3.63) is 104 Å². The van der Waals surface area contributed by atoms with Gasteiger partial charge < -0.3 is 14.2 Å². The summed E-state index contributed by atoms with van der Waals surface area (Å²) in [6.07, 6.45) is -9.39. The molecule has 0 atom stereocenters. The fraction of sp³-hybridized carbons (Fsp3) is 0.296. The first-order chi connectivity index (χ1) is 17.8. The molecular formula is C27H21F6IO4. The lowest BCUT2D eigenvalue weighted by Gasteiger charge is -2.45. The summed E-state index contributed by atoms with van der Waals surface area (Å²) in [6.45, 7) is 0.628. The molecule has 202 valence electrons. The van der Waals surface area contributed by atoms with Gasteiger partial charge in [0.1, 0.15) is 0 Å². The highest BCUT2D eigenvalue weighted by atomic mass is 127. The van der Waals surface area contributed by atoms with Crippen LogP contribution in [0, 0.1) is 3.57 Å². The number of hydrogen-bond acceptors (Lipinski definition) is 4. The number of ether oxygens (including phenoxy) is 3. The zero-order chi connectivity index (χ0) is 27.8. The molecule has 0 unspecified atom stereocenters. The number of carbonyl (C=O) groups is 1. The van der Waals surface area contributed by atoms with Gasteiger partial charge in [0.05, 0.1) is 36.4 Å². The van der Waals surface area contributed by atoms with Gasteiger partial charge in [-0.05, 0) is 64.9 Å². The summed E-state index contributed by atoms with van der Waals surface area (Å²) in [4.78, 5) is 13.1. The second-order valence-electron chi connectivity index (χ2n) is 8.66. The first-order valence-electron chi connectivity index (χ1n) is 11.4. The van der Waals surface area contributed by atoms with E-state index < -0.39 is 53.9 Å². The summed E-state index contributed by atoms with van der Waals surface area (Å²) in [5.74, 6) is -2.95. The molecule has 0 radical (unpaired) electrons. The second kappa shape index (κ2) is 10.5. The van der Waals surface area contributed by atoms with Gasteiger partial charge in [0, 0.05) is 9.13 Å². The number of esters is 1. The standard InChI is InChI=1S/C27H21F6IO4/c1-2-36-23(35)25(17-9-11-22(34)12-10-17)37-15-24(16-38-25,18-5-3-7-20(13-18)26(28,29)30)19-6-4-8-21(14-19)27(31,32)33/h3-14H,2,15-16H2,1H3. The summed E-state index contributed by atoms with van der Waals surface area (Å²) in [6, 6.07) is 15.1. The maximum atomic E-state index is 13.6. The molecule has 1 aliphatic rings. The van der Waals surface area contributed by atoms with Gasteiger partial charge in [-0.1, -0.05) is 48.5 Å². The van der Waals surface area contributed by atoms with Crippen molar-refractivity contribution >= 4 is 28.6 Å². The van der Waals surface area contributed by atoms with Gasteiger partial charge in [-0.15, -0.1) is 0 Å². The third kappa shape index (κ3) is 5.41. The maximum Gasteiger partial charge on any atom is 0.416 e. The fourth-order valence-corrected chi connectivity index (χ4v) is 4.68. The molecule has 0 aliphatic carbocycles. The molecule has 1 heterocycles. The molecule has 1 fully saturated rings. The SMILES string of the molecule is CCOC(=O)C1(c2ccc(I)cc2)OCC(c2cccc(C(F)(F)F)c2)(c2cccc(C(F)(F)F)c2)CO1. The topological polar surface area (TPSA) is 44.8 Å². The molecule has 0 bridgehead atoms. The molecule has 3 aromatic rings. The molecule has 3 aromatic carbocycles. The minimum absolute atomic E-state index is 0.00985. The predicted molar refractivity (Wildman–Crippen MR) is 133 cm³/mol. The van der Waals surface area contributed by atoms with Gasteiger partial charge in [-0.25, -0.2) is 4.79 Å². The number of halogens is 7. The maximum absolute atomic E-state index is 13.6. The van der Waals surface area contributed by atoms with E-state index in [4.69, 9.17) is 14.2 Å². The Morgan fingerprint density at radius 3 is 1.71 bits per heavy atom. The van der Waals surface area contributed by atoms with Gasteiger partial charge in [-0.2, -0.15) is 26.3 Å². The third-order valence-corrected chi connectivity index (χ3v) is 7.02. The van der Waals surface area contributed by atoms with Crippen LogP contribution in [-0.4, -0.2) is 25.8 Å². The Balaban J connectivity index is 1.86. The van der Waals surface area contributed by atoms with Crippen LogP contribution in [0.3, 0.4) is 0 Å². The normalized spacial score (nSPS) is 17.2. The molecule has 0 aromatic heterocycles. The summed E-state index contributed by atoms with van der Waals surface area (Å²) < 4.78 is 99.5. The second-order valence-corrected chi connectivity index (χ2v) is 9.91. The Morgan fingerprint density at radius 2 is 1.29 bits per heavy atom. The van der Waals surface area contributed by atoms with Crippen molar-refractivity contribution in [3.63, 3.8) is 0 Å². The molecule has 0 N–H and O–H groups in total. The Hall–Kier alpha value is -2.64. The lowest BCUT2D eigenvalue weighted by atomic mass is 9.74. The van der Waals surface area contributed by atoms with Crippen LogP contribution >= 0.6 is 22.6 Å². The van der Waals surface area contributed by atoms with Crippen molar-refractivity contribution < 1.29 is 45.3 Å². The van der Waals surface area contributed by atoms with E-state index in [0.29, 0.717) is 0 Å². The van der Waals surface area contributed by atoms with E-state index in [9.17, 15) is 31.1 Å². The molecule has 1 aliphatic heterocycles. The Morgan fingerprint density at radius 1 is 0.816 bits per heavy atom. The van der Waals surface area contributed by atoms with E-state index in [0.717, 1.165) is 27.8 Å². The fourth-order valence-electron chi connectivity index (χ4n) is 4.32. The number of alkyl halides is 6. The molecule has 38 heavy (non-hydrogen) atoms. The Labute approximate surface area is 228 Å². The van der Waals surface area contributed by atoms with Crippen LogP contribution in [-0.2, 0) is 42.6 Å². The van der Waals surface area contributed by atoms with E-state index in [1.165, 1.54) is 24.3 Å². The van der Waals surface area contributed by atoms with Crippen molar-refractivity contribution in [2.75, 3.05) is 19.8 Å². The summed E-state index contributed by atoms with van der Waals surface area (Å²) in [5.41, 5.74) is -3.26. The molecule has 0 spiro atoms. The molecule has 0 amide bonds. The van der Waals surface area contributed by atoms with Crippen molar-refractivity contribution in [1.82, 2.24) is 0 Å². The zero-order valence-corrected chi connectivity index (χ0v) is 22.0. The van der Waals surface area contributed by atoms with Crippen molar-refractivity contribution in [3.8, 4) is 0 Å². The molecule has 4 nitrogen and oxygen atoms in total. The van der Waals surface area contributed by atoms with Crippen molar-refractivity contribution in [1.29, 1.82) is 0 Å². The zero-order valence-electron chi connectivity index (χ0n) is 19.8. The molecular weight excluding hydrogens is 629 g/mol. The van der Waals surface area contributed by atoms with Gasteiger partial charge in [0.25, 0.3) is 5.79 Å². The Kier molecular flexibility index (Phi) is 7.84. The average molecular weight is 650 g/mol. The van der Waals surface area contributed by atoms with Crippen LogP contribution in [0.25, 0.3) is 0 Å². The predicted octanol–water partition coefficient (Wildman–Crippen LogP) is 7.08. The number of hydrogen-bond donors (Lipinski definition) is 0. The Bertz CT molecular complexity index is 1240. The molecule has 4 rings (SSSR count). The summed E-state index contributed by atoms with van der Waals surface area (Å²) >= 11 is 2.06. The van der Waals surface area contributed by atoms with E-state index in [2.05, 4.69) is 22.6 Å². The number of carbonyl (C=O) groups excluding carboxylic acids is 1. The van der Waals surface area contributed by atoms with Gasteiger partial charge >= 0.3 is 18.3 Å². The highest BCUT2D eigenvalue weighted by Crippen LogP contribution is 2.45. The smallest absolute Gasteiger partial charge is 0.416 e. The van der Waals surface area contributed by atoms with E-state index in [1.807, 2.05) is 0 Å². The van der Waals surface area contributed by atoms with Crippen LogP contribution in [0.4, 0.5) is 26.3 Å². The van der Waals surface area contributed by atoms with Crippen LogP contribution in [0.15, 0.2) is 72.8 Å². The lowest BCUT2D eigenvalue weighted by molar-refractivity contribution is -0.290. The third-order valence-electron chi connectivity index (χ3n) is 6.30. The first-order valence-corrected chi connectivity index (χ1v) is 12.5. The van der Waals surface area contributed by atoms with Crippen LogP contribution in [0.2, 0.25) is 0 Å². The first kappa shape index (κ1) is 28.4.